The number of hydrogen-bond acceptors (Lipinski definition) is 4. The Balaban J connectivity index is 2.53. The van der Waals surface area contributed by atoms with Gasteiger partial charge in [0, 0.05) is 19.7 Å². The molecule has 0 bridgehead atoms. The number of ketones is 1. The number of Topliss-reactive ketones (excluding diaryl/α,β-unsaturated/α-hetero) is 1. The summed E-state index contributed by atoms with van der Waals surface area (Å²) in [6, 6.07) is 0.301. The predicted molar refractivity (Wildman–Crippen MR) is 67.4 cm³/mol. The maximum Gasteiger partial charge on any atom is 0.314 e. The minimum absolute atomic E-state index is 0.0181. The van der Waals surface area contributed by atoms with Gasteiger partial charge in [-0.2, -0.15) is 4.98 Å². The second kappa shape index (κ2) is 6.93. The monoisotopic (exact) mass is 252 g/mol. The second-order valence-electron chi connectivity index (χ2n) is 4.41. The molecule has 18 heavy (non-hydrogen) atoms. The van der Waals surface area contributed by atoms with Crippen molar-refractivity contribution in [3.05, 3.63) is 11.9 Å². The third kappa shape index (κ3) is 4.69. The highest BCUT2D eigenvalue weighted by Gasteiger charge is 2.11. The molecule has 100 valence electrons. The van der Waals surface area contributed by atoms with Gasteiger partial charge in [-0.1, -0.05) is 13.3 Å². The number of unbranched alkanes of at least 4 members (excludes halogenated alkanes) is 1. The summed E-state index contributed by atoms with van der Waals surface area (Å²) < 4.78 is 6.81. The average molecular weight is 252 g/mol. The number of carbonyl (C=O) groups excluding carboxylic acids is 2. The van der Waals surface area contributed by atoms with E-state index in [1.54, 1.807) is 11.6 Å². The van der Waals surface area contributed by atoms with Crippen LogP contribution in [0.25, 0.3) is 0 Å². The van der Waals surface area contributed by atoms with Crippen LogP contribution in [0.15, 0.2) is 6.20 Å². The van der Waals surface area contributed by atoms with Gasteiger partial charge in [-0.15, -0.1) is 0 Å². The van der Waals surface area contributed by atoms with Crippen molar-refractivity contribution in [2.75, 3.05) is 0 Å². The van der Waals surface area contributed by atoms with Crippen LogP contribution in [-0.2, 0) is 23.1 Å². The van der Waals surface area contributed by atoms with E-state index in [4.69, 9.17) is 4.74 Å². The summed E-state index contributed by atoms with van der Waals surface area (Å²) in [4.78, 5) is 26.5. The molecule has 0 N–H and O–H groups in total. The first-order valence-corrected chi connectivity index (χ1v) is 6.25. The number of esters is 1. The fourth-order valence-electron chi connectivity index (χ4n) is 1.51. The molecule has 0 amide bonds. The highest BCUT2D eigenvalue weighted by Crippen LogP contribution is 2.12. The molecule has 5 nitrogen and oxygen atoms in total. The van der Waals surface area contributed by atoms with Crippen molar-refractivity contribution >= 4 is 11.8 Å². The summed E-state index contributed by atoms with van der Waals surface area (Å²) >= 11 is 0. The molecule has 0 saturated heterocycles. The Morgan fingerprint density at radius 1 is 1.39 bits per heavy atom. The summed E-state index contributed by atoms with van der Waals surface area (Å²) in [6.45, 7) is 3.57. The van der Waals surface area contributed by atoms with Crippen LogP contribution in [0.3, 0.4) is 0 Å². The Morgan fingerprint density at radius 2 is 2.11 bits per heavy atom. The lowest BCUT2D eigenvalue weighted by Gasteiger charge is -2.01. The van der Waals surface area contributed by atoms with E-state index in [9.17, 15) is 9.59 Å². The van der Waals surface area contributed by atoms with Crippen LogP contribution in [0.1, 0.15) is 45.2 Å². The molecule has 0 aromatic carbocycles. The third-order valence-corrected chi connectivity index (χ3v) is 2.56. The minimum atomic E-state index is -0.416. The van der Waals surface area contributed by atoms with Crippen molar-refractivity contribution in [1.29, 1.82) is 0 Å². The van der Waals surface area contributed by atoms with Crippen molar-refractivity contribution in [1.82, 2.24) is 9.55 Å². The first kappa shape index (κ1) is 14.4. The minimum Gasteiger partial charge on any atom is -0.392 e. The maximum atomic E-state index is 11.5. The summed E-state index contributed by atoms with van der Waals surface area (Å²) in [5.41, 5.74) is 0.925. The van der Waals surface area contributed by atoms with Crippen LogP contribution in [0, 0.1) is 0 Å². The van der Waals surface area contributed by atoms with E-state index in [1.807, 2.05) is 6.20 Å². The van der Waals surface area contributed by atoms with Crippen molar-refractivity contribution in [2.24, 2.45) is 7.05 Å². The number of hydrogen-bond donors (Lipinski definition) is 0. The summed E-state index contributed by atoms with van der Waals surface area (Å²) in [7, 11) is 1.79. The van der Waals surface area contributed by atoms with Crippen molar-refractivity contribution in [3.8, 4) is 6.01 Å². The van der Waals surface area contributed by atoms with Gasteiger partial charge in [-0.25, -0.2) is 0 Å². The molecule has 0 aliphatic heterocycles. The van der Waals surface area contributed by atoms with Crippen molar-refractivity contribution in [3.63, 3.8) is 0 Å². The topological polar surface area (TPSA) is 61.2 Å². The molecular formula is C13H20N2O3. The number of aryl methyl sites for hydroxylation is 2. The van der Waals surface area contributed by atoms with Crippen molar-refractivity contribution in [2.45, 2.75) is 46.0 Å². The van der Waals surface area contributed by atoms with Gasteiger partial charge in [0.1, 0.15) is 5.78 Å². The van der Waals surface area contributed by atoms with Gasteiger partial charge in [0.15, 0.2) is 0 Å². The van der Waals surface area contributed by atoms with Gasteiger partial charge in [0.25, 0.3) is 0 Å². The summed E-state index contributed by atoms with van der Waals surface area (Å²) in [5.74, 6) is -0.434. The summed E-state index contributed by atoms with van der Waals surface area (Å²) in [6.07, 6.45) is 5.23. The molecule has 0 unspecified atom stereocenters. The highest BCUT2D eigenvalue weighted by molar-refractivity contribution is 5.81. The quantitative estimate of drug-likeness (QED) is 0.697. The molecule has 0 aliphatic carbocycles. The molecule has 0 saturated carbocycles. The number of aromatic nitrogens is 2. The highest BCUT2D eigenvalue weighted by atomic mass is 16.5. The zero-order chi connectivity index (χ0) is 13.5. The lowest BCUT2D eigenvalue weighted by Crippen LogP contribution is -2.12. The van der Waals surface area contributed by atoms with Gasteiger partial charge in [-0.05, 0) is 19.8 Å². The lowest BCUT2D eigenvalue weighted by atomic mass is 10.2. The van der Waals surface area contributed by atoms with E-state index in [0.29, 0.717) is 6.01 Å². The Kier molecular flexibility index (Phi) is 5.55. The molecule has 1 aromatic heterocycles. The van der Waals surface area contributed by atoms with Crippen LogP contribution in [-0.4, -0.2) is 21.3 Å². The van der Waals surface area contributed by atoms with Crippen molar-refractivity contribution < 1.29 is 14.3 Å². The number of rotatable bonds is 7. The summed E-state index contributed by atoms with van der Waals surface area (Å²) in [5, 5.41) is 0. The van der Waals surface area contributed by atoms with Crippen LogP contribution < -0.4 is 4.74 Å². The molecule has 1 rings (SSSR count). The number of nitrogens with zero attached hydrogens (tertiary/aromatic N) is 2. The molecule has 0 atom stereocenters. The van der Waals surface area contributed by atoms with Crippen LogP contribution in [0.2, 0.25) is 0 Å². The standard InChI is InChI=1S/C13H20N2O3/c1-4-5-6-11-9-15(3)13(14-11)18-12(17)8-7-10(2)16/h9H,4-8H2,1-3H3. The third-order valence-electron chi connectivity index (χ3n) is 2.56. The first-order chi connectivity index (χ1) is 8.52. The first-order valence-electron chi connectivity index (χ1n) is 6.25. The zero-order valence-corrected chi connectivity index (χ0v) is 11.2. The molecule has 0 radical (unpaired) electrons. The second-order valence-corrected chi connectivity index (χ2v) is 4.41. The number of ether oxygens (including phenoxy) is 1. The normalized spacial score (nSPS) is 10.4. The largest absolute Gasteiger partial charge is 0.392 e. The van der Waals surface area contributed by atoms with Gasteiger partial charge in [-0.3, -0.25) is 4.79 Å². The molecule has 0 fully saturated rings. The molecule has 0 aliphatic rings. The Morgan fingerprint density at radius 3 is 2.72 bits per heavy atom. The SMILES string of the molecule is CCCCc1cn(C)c(OC(=O)CCC(C)=O)n1. The van der Waals surface area contributed by atoms with E-state index in [1.165, 1.54) is 6.92 Å². The van der Waals surface area contributed by atoms with Gasteiger partial charge in [0.2, 0.25) is 0 Å². The van der Waals surface area contributed by atoms with Crippen LogP contribution in [0.5, 0.6) is 6.01 Å². The van der Waals surface area contributed by atoms with Crippen LogP contribution >= 0.6 is 0 Å². The fraction of sp³-hybridized carbons (Fsp3) is 0.615. The maximum absolute atomic E-state index is 11.5. The predicted octanol–water partition coefficient (Wildman–Crippen LogP) is 2.04. The van der Waals surface area contributed by atoms with E-state index >= 15 is 0 Å². The zero-order valence-electron chi connectivity index (χ0n) is 11.2. The Labute approximate surface area is 107 Å². The van der Waals surface area contributed by atoms with E-state index in [-0.39, 0.29) is 18.6 Å². The van der Waals surface area contributed by atoms with Gasteiger partial charge < -0.3 is 14.1 Å². The molecule has 1 heterocycles. The Hall–Kier alpha value is -1.65. The number of imidazole rings is 1. The van der Waals surface area contributed by atoms with Gasteiger partial charge in [0.05, 0.1) is 12.1 Å². The van der Waals surface area contributed by atoms with E-state index in [2.05, 4.69) is 11.9 Å². The molecule has 0 spiro atoms. The average Bonchev–Trinajstić information content (AvgIpc) is 2.65. The lowest BCUT2D eigenvalue weighted by molar-refractivity contribution is -0.136. The molecule has 1 aromatic rings. The molecular weight excluding hydrogens is 232 g/mol. The van der Waals surface area contributed by atoms with Gasteiger partial charge >= 0.3 is 12.0 Å². The Bertz CT molecular complexity index is 424. The van der Waals surface area contributed by atoms with E-state index in [0.717, 1.165) is 25.0 Å². The van der Waals surface area contributed by atoms with Crippen LogP contribution in [0.4, 0.5) is 0 Å². The molecule has 5 heteroatoms. The smallest absolute Gasteiger partial charge is 0.314 e. The van der Waals surface area contributed by atoms with E-state index < -0.39 is 5.97 Å². The fourth-order valence-corrected chi connectivity index (χ4v) is 1.51. The number of carbonyl (C=O) groups is 2.